The minimum absolute atomic E-state index is 0.0353. The number of carbonyl (C=O) groups is 2. The summed E-state index contributed by atoms with van der Waals surface area (Å²) in [6, 6.07) is 10.6. The number of para-hydroxylation sites is 2. The maximum Gasteiger partial charge on any atom is 0.326 e. The zero-order valence-corrected chi connectivity index (χ0v) is 19.1. The zero-order valence-electron chi connectivity index (χ0n) is 18.3. The number of halogens is 1. The van der Waals surface area contributed by atoms with Gasteiger partial charge < -0.3 is 24.1 Å². The summed E-state index contributed by atoms with van der Waals surface area (Å²) in [4.78, 5) is 41.6. The van der Waals surface area contributed by atoms with Crippen molar-refractivity contribution in [3.63, 3.8) is 0 Å². The molecule has 174 valence electrons. The zero-order chi connectivity index (χ0) is 23.5. The third-order valence-corrected chi connectivity index (χ3v) is 5.95. The van der Waals surface area contributed by atoms with Crippen LogP contribution in [0.2, 0.25) is 5.02 Å². The number of aromatic nitrogens is 2. The second-order valence-electron chi connectivity index (χ2n) is 7.68. The van der Waals surface area contributed by atoms with E-state index in [4.69, 9.17) is 25.8 Å². The fourth-order valence-electron chi connectivity index (χ4n) is 4.00. The minimum Gasteiger partial charge on any atom is -0.495 e. The van der Waals surface area contributed by atoms with Crippen LogP contribution in [0, 0.1) is 5.92 Å². The summed E-state index contributed by atoms with van der Waals surface area (Å²) in [6.07, 6.45) is 0.507. The Morgan fingerprint density at radius 1 is 1.15 bits per heavy atom. The van der Waals surface area contributed by atoms with Gasteiger partial charge >= 0.3 is 11.7 Å². The first-order valence-corrected chi connectivity index (χ1v) is 10.9. The van der Waals surface area contributed by atoms with Gasteiger partial charge in [0.15, 0.2) is 0 Å². The number of fused-ring (bicyclic) bond motifs is 1. The van der Waals surface area contributed by atoms with Gasteiger partial charge in [0.25, 0.3) is 0 Å². The average Bonchev–Trinajstić information content (AvgIpc) is 3.35. The standard InChI is InChI=1S/C23H24ClN3O6/c1-31-19-12-20(32-2)18(11-15(19)24)27-13-14(10-21(27)28)22(29)33-9-5-8-26-17-7-4-3-6-16(17)25-23(26)30/h3-4,6-7,11-12,14H,5,8-10,13H2,1-2H3,(H,25,30)/t14-/m0/s1. The summed E-state index contributed by atoms with van der Waals surface area (Å²) in [5.74, 6) is -0.423. The van der Waals surface area contributed by atoms with E-state index >= 15 is 0 Å². The first-order chi connectivity index (χ1) is 15.9. The summed E-state index contributed by atoms with van der Waals surface area (Å²) in [6.45, 7) is 0.721. The van der Waals surface area contributed by atoms with E-state index in [9.17, 15) is 14.4 Å². The molecule has 1 atom stereocenters. The topological polar surface area (TPSA) is 103 Å². The number of hydrogen-bond donors (Lipinski definition) is 1. The van der Waals surface area contributed by atoms with Gasteiger partial charge in [-0.1, -0.05) is 23.7 Å². The van der Waals surface area contributed by atoms with E-state index in [0.29, 0.717) is 35.2 Å². The molecule has 0 aliphatic carbocycles. The third-order valence-electron chi connectivity index (χ3n) is 5.65. The highest BCUT2D eigenvalue weighted by molar-refractivity contribution is 6.32. The Morgan fingerprint density at radius 2 is 1.91 bits per heavy atom. The van der Waals surface area contributed by atoms with E-state index in [1.165, 1.54) is 19.1 Å². The van der Waals surface area contributed by atoms with Crippen molar-refractivity contribution < 1.29 is 23.8 Å². The lowest BCUT2D eigenvalue weighted by Crippen LogP contribution is -2.27. The van der Waals surface area contributed by atoms with Crippen LogP contribution in [0.4, 0.5) is 5.69 Å². The number of methoxy groups -OCH3 is 2. The van der Waals surface area contributed by atoms with Crippen molar-refractivity contribution >= 4 is 40.2 Å². The number of nitrogens with zero attached hydrogens (tertiary/aromatic N) is 2. The van der Waals surface area contributed by atoms with Crippen molar-refractivity contribution in [2.75, 3.05) is 32.3 Å². The third kappa shape index (κ3) is 4.54. The van der Waals surface area contributed by atoms with Gasteiger partial charge in [-0.15, -0.1) is 0 Å². The second kappa shape index (κ2) is 9.58. The maximum absolute atomic E-state index is 12.6. The van der Waals surface area contributed by atoms with Crippen LogP contribution in [0.1, 0.15) is 12.8 Å². The largest absolute Gasteiger partial charge is 0.495 e. The van der Waals surface area contributed by atoms with Crippen molar-refractivity contribution in [3.05, 3.63) is 51.9 Å². The van der Waals surface area contributed by atoms with Crippen LogP contribution >= 0.6 is 11.6 Å². The van der Waals surface area contributed by atoms with Crippen molar-refractivity contribution in [2.45, 2.75) is 19.4 Å². The Hall–Kier alpha value is -3.46. The summed E-state index contributed by atoms with van der Waals surface area (Å²) in [5.41, 5.74) is 1.84. The molecule has 1 aliphatic rings. The van der Waals surface area contributed by atoms with Crippen LogP contribution in [0.25, 0.3) is 11.0 Å². The van der Waals surface area contributed by atoms with E-state index in [0.717, 1.165) is 11.0 Å². The predicted molar refractivity (Wildman–Crippen MR) is 123 cm³/mol. The molecule has 0 unspecified atom stereocenters. The number of benzene rings is 2. The van der Waals surface area contributed by atoms with Crippen LogP contribution in [0.5, 0.6) is 11.5 Å². The number of anilines is 1. The van der Waals surface area contributed by atoms with Crippen LogP contribution in [-0.2, 0) is 20.9 Å². The number of ether oxygens (including phenoxy) is 3. The average molecular weight is 474 g/mol. The maximum atomic E-state index is 12.6. The summed E-state index contributed by atoms with van der Waals surface area (Å²) in [7, 11) is 2.97. The minimum atomic E-state index is -0.598. The molecule has 10 heteroatoms. The molecule has 0 bridgehead atoms. The number of aryl methyl sites for hydroxylation is 1. The number of H-pyrrole nitrogens is 1. The highest BCUT2D eigenvalue weighted by Gasteiger charge is 2.37. The molecule has 1 aliphatic heterocycles. The van der Waals surface area contributed by atoms with E-state index in [2.05, 4.69) is 4.98 Å². The molecule has 1 amide bonds. The van der Waals surface area contributed by atoms with Gasteiger partial charge in [-0.3, -0.25) is 14.2 Å². The van der Waals surface area contributed by atoms with Crippen molar-refractivity contribution in [1.29, 1.82) is 0 Å². The molecule has 0 spiro atoms. The Bertz CT molecular complexity index is 1250. The highest BCUT2D eigenvalue weighted by atomic mass is 35.5. The van der Waals surface area contributed by atoms with E-state index in [1.54, 1.807) is 16.7 Å². The van der Waals surface area contributed by atoms with E-state index in [-0.39, 0.29) is 31.2 Å². The fraction of sp³-hybridized carbons (Fsp3) is 0.348. The second-order valence-corrected chi connectivity index (χ2v) is 8.09. The monoisotopic (exact) mass is 473 g/mol. The summed E-state index contributed by atoms with van der Waals surface area (Å²) < 4.78 is 17.6. The lowest BCUT2D eigenvalue weighted by Gasteiger charge is -2.20. The van der Waals surface area contributed by atoms with Gasteiger partial charge in [-0.05, 0) is 24.6 Å². The molecule has 2 heterocycles. The number of aromatic amines is 1. The predicted octanol–water partition coefficient (Wildman–Crippen LogP) is 2.99. The molecule has 4 rings (SSSR count). The van der Waals surface area contributed by atoms with Crippen molar-refractivity contribution in [1.82, 2.24) is 9.55 Å². The number of hydrogen-bond acceptors (Lipinski definition) is 6. The Balaban J connectivity index is 1.35. The van der Waals surface area contributed by atoms with Crippen LogP contribution in [0.15, 0.2) is 41.2 Å². The Morgan fingerprint density at radius 3 is 2.67 bits per heavy atom. The fourth-order valence-corrected chi connectivity index (χ4v) is 4.23. The number of carbonyl (C=O) groups excluding carboxylic acids is 2. The molecule has 1 saturated heterocycles. The van der Waals surface area contributed by atoms with Gasteiger partial charge in [0.2, 0.25) is 5.91 Å². The molecule has 1 aromatic heterocycles. The molecule has 1 N–H and O–H groups in total. The number of amides is 1. The molecule has 3 aromatic rings. The lowest BCUT2D eigenvalue weighted by atomic mass is 10.1. The quantitative estimate of drug-likeness (QED) is 0.398. The first kappa shape index (κ1) is 22.7. The van der Waals surface area contributed by atoms with Crippen LogP contribution in [-0.4, -0.2) is 48.8 Å². The summed E-state index contributed by atoms with van der Waals surface area (Å²) >= 11 is 6.22. The summed E-state index contributed by atoms with van der Waals surface area (Å²) in [5, 5.41) is 0.333. The van der Waals surface area contributed by atoms with E-state index < -0.39 is 11.9 Å². The number of imidazole rings is 1. The molecule has 9 nitrogen and oxygen atoms in total. The lowest BCUT2D eigenvalue weighted by molar-refractivity contribution is -0.148. The number of nitrogens with one attached hydrogen (secondary N) is 1. The van der Waals surface area contributed by atoms with Crippen LogP contribution < -0.4 is 20.1 Å². The van der Waals surface area contributed by atoms with Gasteiger partial charge in [0.1, 0.15) is 11.5 Å². The van der Waals surface area contributed by atoms with Crippen molar-refractivity contribution in [2.24, 2.45) is 5.92 Å². The molecule has 2 aromatic carbocycles. The smallest absolute Gasteiger partial charge is 0.326 e. The number of esters is 1. The van der Waals surface area contributed by atoms with Gasteiger partial charge in [-0.2, -0.15) is 0 Å². The van der Waals surface area contributed by atoms with Crippen molar-refractivity contribution in [3.8, 4) is 11.5 Å². The molecule has 0 radical (unpaired) electrons. The molecular formula is C23H24ClN3O6. The molecular weight excluding hydrogens is 450 g/mol. The normalized spacial score (nSPS) is 15.8. The molecule has 0 saturated carbocycles. The van der Waals surface area contributed by atoms with Gasteiger partial charge in [-0.25, -0.2) is 4.79 Å². The SMILES string of the molecule is COc1cc(OC)c(N2C[C@@H](C(=O)OCCCn3c(=O)[nH]c4ccccc43)CC2=O)cc1Cl. The highest BCUT2D eigenvalue weighted by Crippen LogP contribution is 2.40. The van der Waals surface area contributed by atoms with E-state index in [1.807, 2.05) is 24.3 Å². The Kier molecular flexibility index (Phi) is 6.60. The molecule has 1 fully saturated rings. The molecule has 33 heavy (non-hydrogen) atoms. The van der Waals surface area contributed by atoms with Crippen LogP contribution in [0.3, 0.4) is 0 Å². The number of rotatable bonds is 8. The Labute approximate surface area is 194 Å². The first-order valence-electron chi connectivity index (χ1n) is 10.5. The van der Waals surface area contributed by atoms with Gasteiger partial charge in [0.05, 0.1) is 48.5 Å². The van der Waals surface area contributed by atoms with Gasteiger partial charge in [0, 0.05) is 25.6 Å².